The average molecular weight is 239 g/mol. The fourth-order valence-corrected chi connectivity index (χ4v) is 1.80. The van der Waals surface area contributed by atoms with Gasteiger partial charge < -0.3 is 5.11 Å². The number of aliphatic hydroxyl groups excluding tert-OH is 1. The molecular weight excluding hydrogens is 226 g/mol. The molecule has 0 heterocycles. The van der Waals surface area contributed by atoms with E-state index in [1.807, 2.05) is 54.6 Å². The molecule has 1 N–H and O–H groups in total. The van der Waals surface area contributed by atoms with Crippen molar-refractivity contribution in [2.75, 3.05) is 6.61 Å². The zero-order valence-corrected chi connectivity index (χ0v) is 9.77. The highest BCUT2D eigenvalue weighted by molar-refractivity contribution is 5.63. The van der Waals surface area contributed by atoms with Gasteiger partial charge >= 0.3 is 0 Å². The first-order chi connectivity index (χ1) is 8.85. The average Bonchev–Trinajstić information content (AvgIpc) is 2.46. The highest BCUT2D eigenvalue weighted by atomic mass is 16.3. The van der Waals surface area contributed by atoms with Crippen molar-refractivity contribution in [2.45, 2.75) is 6.04 Å². The molecule has 18 heavy (non-hydrogen) atoms. The number of hydrogen-bond donors (Lipinski definition) is 1. The molecule has 0 radical (unpaired) electrons. The molecule has 0 spiro atoms. The van der Waals surface area contributed by atoms with E-state index in [1.54, 1.807) is 0 Å². The van der Waals surface area contributed by atoms with Crippen LogP contribution in [0.2, 0.25) is 0 Å². The zero-order chi connectivity index (χ0) is 12.8. The van der Waals surface area contributed by atoms with Crippen molar-refractivity contribution >= 4 is 0 Å². The Morgan fingerprint density at radius 2 is 1.61 bits per heavy atom. The summed E-state index contributed by atoms with van der Waals surface area (Å²) >= 11 is 0. The molecule has 0 fully saturated rings. The van der Waals surface area contributed by atoms with E-state index in [1.165, 1.54) is 0 Å². The van der Waals surface area contributed by atoms with Crippen molar-refractivity contribution in [3.63, 3.8) is 0 Å². The van der Waals surface area contributed by atoms with E-state index >= 15 is 0 Å². The van der Waals surface area contributed by atoms with E-state index in [4.69, 9.17) is 10.6 Å². The Hall–Kier alpha value is -2.29. The summed E-state index contributed by atoms with van der Waals surface area (Å²) in [5.41, 5.74) is 11.5. The molecule has 2 rings (SSSR count). The summed E-state index contributed by atoms with van der Waals surface area (Å²) in [6, 6.07) is 17.2. The quantitative estimate of drug-likeness (QED) is 0.493. The van der Waals surface area contributed by atoms with E-state index in [0.29, 0.717) is 0 Å². The minimum absolute atomic E-state index is 0.186. The van der Waals surface area contributed by atoms with Crippen LogP contribution in [0.1, 0.15) is 11.6 Å². The lowest BCUT2D eigenvalue weighted by molar-refractivity contribution is 0.268. The Kier molecular flexibility index (Phi) is 3.97. The van der Waals surface area contributed by atoms with Gasteiger partial charge in [-0.15, -0.1) is 0 Å². The zero-order valence-electron chi connectivity index (χ0n) is 9.77. The van der Waals surface area contributed by atoms with Gasteiger partial charge in [-0.2, -0.15) is 0 Å². The lowest BCUT2D eigenvalue weighted by Crippen LogP contribution is -1.99. The van der Waals surface area contributed by atoms with Gasteiger partial charge in [-0.05, 0) is 22.2 Å². The Labute approximate surface area is 105 Å². The Balaban J connectivity index is 2.27. The SMILES string of the molecule is [N-]=[N+]=NC(CO)c1ccc(-c2ccccc2)cc1. The molecule has 0 aliphatic carbocycles. The van der Waals surface area contributed by atoms with Gasteiger partial charge in [0, 0.05) is 4.91 Å². The minimum Gasteiger partial charge on any atom is -0.396 e. The van der Waals surface area contributed by atoms with Crippen LogP contribution in [0.4, 0.5) is 0 Å². The number of aliphatic hydroxyl groups is 1. The molecule has 1 atom stereocenters. The highest BCUT2D eigenvalue weighted by Gasteiger charge is 2.07. The van der Waals surface area contributed by atoms with Gasteiger partial charge in [-0.25, -0.2) is 0 Å². The molecule has 0 aliphatic heterocycles. The number of nitrogens with zero attached hydrogens (tertiary/aromatic N) is 3. The van der Waals surface area contributed by atoms with Crippen molar-refractivity contribution in [1.29, 1.82) is 0 Å². The van der Waals surface area contributed by atoms with Crippen LogP contribution in [-0.4, -0.2) is 11.7 Å². The Bertz CT molecular complexity index is 545. The first-order valence-corrected chi connectivity index (χ1v) is 5.65. The van der Waals surface area contributed by atoms with Crippen molar-refractivity contribution in [3.8, 4) is 11.1 Å². The summed E-state index contributed by atoms with van der Waals surface area (Å²) in [5.74, 6) is 0. The lowest BCUT2D eigenvalue weighted by Gasteiger charge is -2.09. The van der Waals surface area contributed by atoms with Crippen molar-refractivity contribution in [2.24, 2.45) is 5.11 Å². The van der Waals surface area contributed by atoms with E-state index < -0.39 is 6.04 Å². The largest absolute Gasteiger partial charge is 0.396 e. The molecule has 0 saturated heterocycles. The molecule has 0 amide bonds. The van der Waals surface area contributed by atoms with E-state index in [-0.39, 0.29) is 6.61 Å². The monoisotopic (exact) mass is 239 g/mol. The summed E-state index contributed by atoms with van der Waals surface area (Å²) < 4.78 is 0. The second-order valence-corrected chi connectivity index (χ2v) is 3.89. The van der Waals surface area contributed by atoms with E-state index in [2.05, 4.69) is 10.0 Å². The van der Waals surface area contributed by atoms with Crippen LogP contribution >= 0.6 is 0 Å². The van der Waals surface area contributed by atoms with Gasteiger partial charge in [0.25, 0.3) is 0 Å². The van der Waals surface area contributed by atoms with E-state index in [0.717, 1.165) is 16.7 Å². The first-order valence-electron chi connectivity index (χ1n) is 5.65. The summed E-state index contributed by atoms with van der Waals surface area (Å²) in [6.45, 7) is -0.186. The van der Waals surface area contributed by atoms with Crippen LogP contribution in [0.15, 0.2) is 59.7 Å². The van der Waals surface area contributed by atoms with Crippen molar-refractivity contribution < 1.29 is 5.11 Å². The third-order valence-corrected chi connectivity index (χ3v) is 2.77. The highest BCUT2D eigenvalue weighted by Crippen LogP contribution is 2.23. The maximum Gasteiger partial charge on any atom is 0.0856 e. The first kappa shape index (κ1) is 12.2. The van der Waals surface area contributed by atoms with Gasteiger partial charge in [0.05, 0.1) is 12.6 Å². The van der Waals surface area contributed by atoms with Gasteiger partial charge in [-0.3, -0.25) is 0 Å². The van der Waals surface area contributed by atoms with Crippen LogP contribution in [-0.2, 0) is 0 Å². The fraction of sp³-hybridized carbons (Fsp3) is 0.143. The maximum atomic E-state index is 9.13. The summed E-state index contributed by atoms with van der Waals surface area (Å²) in [4.78, 5) is 2.73. The van der Waals surface area contributed by atoms with Gasteiger partial charge in [0.15, 0.2) is 0 Å². The maximum absolute atomic E-state index is 9.13. The number of rotatable bonds is 4. The molecular formula is C14H13N3O. The molecule has 90 valence electrons. The van der Waals surface area contributed by atoms with Gasteiger partial charge in [-0.1, -0.05) is 59.7 Å². The van der Waals surface area contributed by atoms with Crippen LogP contribution in [0.25, 0.3) is 21.6 Å². The molecule has 4 heteroatoms. The Morgan fingerprint density at radius 1 is 1.00 bits per heavy atom. The summed E-state index contributed by atoms with van der Waals surface area (Å²) in [7, 11) is 0. The molecule has 2 aromatic rings. The fourth-order valence-electron chi connectivity index (χ4n) is 1.80. The third kappa shape index (κ3) is 2.69. The second-order valence-electron chi connectivity index (χ2n) is 3.89. The minimum atomic E-state index is -0.514. The number of hydrogen-bond acceptors (Lipinski definition) is 2. The van der Waals surface area contributed by atoms with E-state index in [9.17, 15) is 0 Å². The molecule has 2 aromatic carbocycles. The molecule has 1 unspecified atom stereocenters. The van der Waals surface area contributed by atoms with Gasteiger partial charge in [0.2, 0.25) is 0 Å². The number of benzene rings is 2. The lowest BCUT2D eigenvalue weighted by atomic mass is 10.0. The predicted molar refractivity (Wildman–Crippen MR) is 70.9 cm³/mol. The molecule has 0 saturated carbocycles. The van der Waals surface area contributed by atoms with Crippen LogP contribution in [0, 0.1) is 0 Å². The van der Waals surface area contributed by atoms with Crippen LogP contribution in [0.3, 0.4) is 0 Å². The molecule has 4 nitrogen and oxygen atoms in total. The summed E-state index contributed by atoms with van der Waals surface area (Å²) in [6.07, 6.45) is 0. The Morgan fingerprint density at radius 3 is 2.17 bits per heavy atom. The van der Waals surface area contributed by atoms with Crippen LogP contribution in [0.5, 0.6) is 0 Å². The molecule has 0 aromatic heterocycles. The normalized spacial score (nSPS) is 11.6. The smallest absolute Gasteiger partial charge is 0.0856 e. The molecule has 0 bridgehead atoms. The second kappa shape index (κ2) is 5.87. The summed E-state index contributed by atoms with van der Waals surface area (Å²) in [5, 5.41) is 12.7. The number of azide groups is 1. The third-order valence-electron chi connectivity index (χ3n) is 2.77. The predicted octanol–water partition coefficient (Wildman–Crippen LogP) is 3.70. The topological polar surface area (TPSA) is 69.0 Å². The van der Waals surface area contributed by atoms with Crippen LogP contribution < -0.4 is 0 Å². The standard InChI is InChI=1S/C14H13N3O/c15-17-16-14(10-18)13-8-6-12(7-9-13)11-4-2-1-3-5-11/h1-9,14,18H,10H2. The van der Waals surface area contributed by atoms with Gasteiger partial charge in [0.1, 0.15) is 0 Å². The molecule has 0 aliphatic rings. The van der Waals surface area contributed by atoms with Crippen molar-refractivity contribution in [3.05, 3.63) is 70.6 Å². The van der Waals surface area contributed by atoms with Crippen molar-refractivity contribution in [1.82, 2.24) is 0 Å².